The maximum absolute atomic E-state index is 10.2. The predicted molar refractivity (Wildman–Crippen MR) is 41.3 cm³/mol. The van der Waals surface area contributed by atoms with Gasteiger partial charge < -0.3 is 0 Å². The summed E-state index contributed by atoms with van der Waals surface area (Å²) in [4.78, 5) is 35.9. The molecule has 3 N–H and O–H groups in total. The average Bonchev–Trinajstić information content (AvgIpc) is 1.59. The standard InChI is InChI=1S/C3H3N3O3.ClH.Na/c7-1-4-2(8)6-3(9)5-1;;/h(H3,4,5,6,7,8,9);1H;. The number of hydrogen-bond donors (Lipinski definition) is 3. The minimum Gasteiger partial charge on any atom is -0.259 e. The number of rotatable bonds is 0. The Kier molecular flexibility index (Phi) is 6.49. The maximum Gasteiger partial charge on any atom is 0.330 e. The molecule has 0 aromatic carbocycles. The van der Waals surface area contributed by atoms with Crippen LogP contribution in [0.3, 0.4) is 0 Å². The molecule has 0 spiro atoms. The molecule has 0 saturated carbocycles. The molecule has 6 nitrogen and oxygen atoms in total. The molecule has 1 rings (SSSR count). The molecule has 1 aromatic rings. The summed E-state index contributed by atoms with van der Waals surface area (Å²) in [5.74, 6) is 0. The van der Waals surface area contributed by atoms with Crippen LogP contribution in [0, 0.1) is 0 Å². The van der Waals surface area contributed by atoms with Crippen molar-refractivity contribution in [2.45, 2.75) is 0 Å². The zero-order valence-corrected chi connectivity index (χ0v) is 8.45. The Labute approximate surface area is 88.1 Å². The van der Waals surface area contributed by atoms with Crippen molar-refractivity contribution < 1.29 is 0 Å². The van der Waals surface area contributed by atoms with E-state index in [0.717, 1.165) is 0 Å². The quantitative estimate of drug-likeness (QED) is 0.403. The fraction of sp³-hybridized carbons (Fsp3) is 0. The van der Waals surface area contributed by atoms with Gasteiger partial charge in [0.1, 0.15) is 0 Å². The first-order chi connectivity index (χ1) is 4.18. The molecule has 0 saturated heterocycles. The molecule has 1 aromatic heterocycles. The Bertz CT molecular complexity index is 286. The molecule has 0 fully saturated rings. The van der Waals surface area contributed by atoms with Crippen molar-refractivity contribution in [1.82, 2.24) is 15.0 Å². The molecule has 0 aliphatic heterocycles. The topological polar surface area (TPSA) is 98.6 Å². The Morgan fingerprint density at radius 1 is 0.727 bits per heavy atom. The van der Waals surface area contributed by atoms with Gasteiger partial charge in [0.15, 0.2) is 0 Å². The van der Waals surface area contributed by atoms with Crippen molar-refractivity contribution in [1.29, 1.82) is 0 Å². The molecule has 8 heteroatoms. The second-order valence-corrected chi connectivity index (χ2v) is 1.36. The van der Waals surface area contributed by atoms with Gasteiger partial charge in [-0.2, -0.15) is 0 Å². The minimum atomic E-state index is -0.802. The van der Waals surface area contributed by atoms with Gasteiger partial charge in [-0.25, -0.2) is 14.4 Å². The second kappa shape index (κ2) is 5.36. The molecule has 0 unspecified atom stereocenters. The van der Waals surface area contributed by atoms with Crippen LogP contribution in [-0.4, -0.2) is 44.5 Å². The van der Waals surface area contributed by atoms with Crippen molar-refractivity contribution in [2.75, 3.05) is 0 Å². The summed E-state index contributed by atoms with van der Waals surface area (Å²) < 4.78 is 0. The SMILES string of the molecule is Cl.O=c1[nH]c(=O)[nH]c(=O)[nH]1.[Na]. The van der Waals surface area contributed by atoms with Gasteiger partial charge >= 0.3 is 17.1 Å². The molecule has 11 heavy (non-hydrogen) atoms. The van der Waals surface area contributed by atoms with Crippen LogP contribution in [0.4, 0.5) is 0 Å². The van der Waals surface area contributed by atoms with Gasteiger partial charge in [-0.3, -0.25) is 15.0 Å². The fourth-order valence-corrected chi connectivity index (χ4v) is 0.403. The van der Waals surface area contributed by atoms with E-state index >= 15 is 0 Å². The molecule has 0 aliphatic carbocycles. The van der Waals surface area contributed by atoms with Crippen LogP contribution in [0.15, 0.2) is 14.4 Å². The van der Waals surface area contributed by atoms with Crippen molar-refractivity contribution >= 4 is 42.0 Å². The predicted octanol–water partition coefficient (Wildman–Crippen LogP) is -2.21. The Morgan fingerprint density at radius 3 is 1.09 bits per heavy atom. The number of halogens is 1. The van der Waals surface area contributed by atoms with Crippen LogP contribution in [0.5, 0.6) is 0 Å². The number of nitrogens with one attached hydrogen (secondary N) is 3. The molecular weight excluding hydrogens is 184 g/mol. The molecular formula is C3H4ClN3NaO3. The number of H-pyrrole nitrogens is 3. The van der Waals surface area contributed by atoms with Gasteiger partial charge in [0.05, 0.1) is 0 Å². The Balaban J connectivity index is 0. The van der Waals surface area contributed by atoms with Crippen molar-refractivity contribution in [2.24, 2.45) is 0 Å². The number of hydrogen-bond acceptors (Lipinski definition) is 3. The Hall–Kier alpha value is -0.300. The molecule has 0 amide bonds. The average molecular weight is 189 g/mol. The van der Waals surface area contributed by atoms with E-state index in [1.165, 1.54) is 0 Å². The summed E-state index contributed by atoms with van der Waals surface area (Å²) in [6.07, 6.45) is 0. The third kappa shape index (κ3) is 4.20. The van der Waals surface area contributed by atoms with Crippen LogP contribution >= 0.6 is 12.4 Å². The summed E-state index contributed by atoms with van der Waals surface area (Å²) in [7, 11) is 0. The molecule has 57 valence electrons. The number of aromatic amines is 3. The third-order valence-corrected chi connectivity index (χ3v) is 0.681. The van der Waals surface area contributed by atoms with Crippen LogP contribution < -0.4 is 17.1 Å². The number of aromatic nitrogens is 3. The van der Waals surface area contributed by atoms with Gasteiger partial charge in [0, 0.05) is 29.6 Å². The molecule has 0 bridgehead atoms. The maximum atomic E-state index is 10.2. The smallest absolute Gasteiger partial charge is 0.259 e. The van der Waals surface area contributed by atoms with Crippen LogP contribution in [-0.2, 0) is 0 Å². The summed E-state index contributed by atoms with van der Waals surface area (Å²) in [6.45, 7) is 0. The molecule has 0 aliphatic rings. The summed E-state index contributed by atoms with van der Waals surface area (Å²) >= 11 is 0. The van der Waals surface area contributed by atoms with E-state index in [0.29, 0.717) is 0 Å². The zero-order chi connectivity index (χ0) is 6.85. The van der Waals surface area contributed by atoms with E-state index in [1.807, 2.05) is 0 Å². The molecule has 0 atom stereocenters. The minimum absolute atomic E-state index is 0. The van der Waals surface area contributed by atoms with E-state index in [4.69, 9.17) is 0 Å². The normalized spacial score (nSPS) is 7.64. The van der Waals surface area contributed by atoms with Gasteiger partial charge in [0.25, 0.3) is 0 Å². The van der Waals surface area contributed by atoms with Crippen molar-refractivity contribution in [3.63, 3.8) is 0 Å². The van der Waals surface area contributed by atoms with Crippen LogP contribution in [0.25, 0.3) is 0 Å². The summed E-state index contributed by atoms with van der Waals surface area (Å²) in [6, 6.07) is 0. The third-order valence-electron chi connectivity index (χ3n) is 0.681. The Morgan fingerprint density at radius 2 is 0.909 bits per heavy atom. The van der Waals surface area contributed by atoms with E-state index in [1.54, 1.807) is 15.0 Å². The van der Waals surface area contributed by atoms with Crippen LogP contribution in [0.1, 0.15) is 0 Å². The second-order valence-electron chi connectivity index (χ2n) is 1.36. The van der Waals surface area contributed by atoms with Crippen LogP contribution in [0.2, 0.25) is 0 Å². The van der Waals surface area contributed by atoms with Gasteiger partial charge in [0.2, 0.25) is 0 Å². The van der Waals surface area contributed by atoms with E-state index in [-0.39, 0.29) is 42.0 Å². The zero-order valence-electron chi connectivity index (χ0n) is 5.63. The van der Waals surface area contributed by atoms with Gasteiger partial charge in [-0.15, -0.1) is 12.4 Å². The molecule has 1 heterocycles. The van der Waals surface area contributed by atoms with E-state index in [2.05, 4.69) is 0 Å². The van der Waals surface area contributed by atoms with Crippen molar-refractivity contribution in [3.05, 3.63) is 31.5 Å². The van der Waals surface area contributed by atoms with Gasteiger partial charge in [-0.05, 0) is 0 Å². The largest absolute Gasteiger partial charge is 0.330 e. The van der Waals surface area contributed by atoms with Gasteiger partial charge in [-0.1, -0.05) is 0 Å². The van der Waals surface area contributed by atoms with E-state index in [9.17, 15) is 14.4 Å². The van der Waals surface area contributed by atoms with Crippen molar-refractivity contribution in [3.8, 4) is 0 Å². The summed E-state index contributed by atoms with van der Waals surface area (Å²) in [5, 5.41) is 0. The molecule has 1 radical (unpaired) electrons. The first-order valence-electron chi connectivity index (χ1n) is 2.11. The van der Waals surface area contributed by atoms with E-state index < -0.39 is 17.1 Å². The first-order valence-corrected chi connectivity index (χ1v) is 2.11. The monoisotopic (exact) mass is 188 g/mol. The fourth-order valence-electron chi connectivity index (χ4n) is 0.403. The first kappa shape index (κ1) is 13.3. The summed E-state index contributed by atoms with van der Waals surface area (Å²) in [5.41, 5.74) is -2.41.